The Morgan fingerprint density at radius 2 is 1.96 bits per heavy atom. The summed E-state index contributed by atoms with van der Waals surface area (Å²) in [6.45, 7) is 3.06. The van der Waals surface area contributed by atoms with E-state index in [4.69, 9.17) is 9.47 Å². The van der Waals surface area contributed by atoms with Crippen LogP contribution in [0.1, 0.15) is 0 Å². The zero-order valence-electron chi connectivity index (χ0n) is 12.4. The summed E-state index contributed by atoms with van der Waals surface area (Å²) >= 11 is 1.20. The van der Waals surface area contributed by atoms with Crippen molar-refractivity contribution >= 4 is 23.5 Å². The van der Waals surface area contributed by atoms with Crippen molar-refractivity contribution in [1.82, 2.24) is 13.6 Å². The Morgan fingerprint density at radius 3 is 2.70 bits per heavy atom. The van der Waals surface area contributed by atoms with Crippen LogP contribution in [0.5, 0.6) is 11.5 Å². The van der Waals surface area contributed by atoms with E-state index < -0.39 is 6.10 Å². The zero-order chi connectivity index (χ0) is 15.6. The van der Waals surface area contributed by atoms with E-state index in [1.807, 2.05) is 29.2 Å². The maximum atomic E-state index is 12.6. The molecule has 2 aliphatic heterocycles. The highest BCUT2D eigenvalue weighted by atomic mass is 32.1. The summed E-state index contributed by atoms with van der Waals surface area (Å²) in [4.78, 5) is 16.6. The Kier molecular flexibility index (Phi) is 3.74. The number of anilines is 1. The second-order valence-corrected chi connectivity index (χ2v) is 6.00. The van der Waals surface area contributed by atoms with E-state index in [0.717, 1.165) is 18.9 Å². The first-order valence-electron chi connectivity index (χ1n) is 7.51. The second kappa shape index (κ2) is 6.04. The van der Waals surface area contributed by atoms with Crippen molar-refractivity contribution in [3.8, 4) is 11.5 Å². The maximum Gasteiger partial charge on any atom is 0.267 e. The number of nitrogens with zero attached hydrogens (tertiary/aromatic N) is 4. The third-order valence-electron chi connectivity index (χ3n) is 4.05. The van der Waals surface area contributed by atoms with Crippen molar-refractivity contribution in [3.05, 3.63) is 30.5 Å². The molecular weight excluding hydrogens is 316 g/mol. The van der Waals surface area contributed by atoms with Gasteiger partial charge in [0.05, 0.1) is 17.9 Å². The number of amides is 1. The molecule has 1 saturated heterocycles. The fraction of sp³-hybridized carbons (Fsp3) is 0.400. The summed E-state index contributed by atoms with van der Waals surface area (Å²) in [6, 6.07) is 7.42. The third kappa shape index (κ3) is 2.81. The summed E-state index contributed by atoms with van der Waals surface area (Å²) in [6.07, 6.45) is 1.19. The lowest BCUT2D eigenvalue weighted by Crippen LogP contribution is -2.54. The van der Waals surface area contributed by atoms with Gasteiger partial charge in [0.15, 0.2) is 17.3 Å². The Hall–Kier alpha value is -2.35. The first kappa shape index (κ1) is 14.3. The standard InChI is InChI=1S/C15H16N4O3S/c20-15(13-10-21-11-3-1-2-4-12(11)22-13)19-7-5-18(6-8-19)14-9-16-23-17-14/h1-4,9,13H,5-8,10H2/t13-/m1/s1. The molecule has 23 heavy (non-hydrogen) atoms. The number of piperazine rings is 1. The molecule has 3 heterocycles. The molecule has 1 atom stereocenters. The lowest BCUT2D eigenvalue weighted by Gasteiger charge is -2.37. The Balaban J connectivity index is 1.37. The lowest BCUT2D eigenvalue weighted by molar-refractivity contribution is -0.141. The van der Waals surface area contributed by atoms with E-state index in [2.05, 4.69) is 13.6 Å². The second-order valence-electron chi connectivity index (χ2n) is 5.44. The van der Waals surface area contributed by atoms with E-state index in [-0.39, 0.29) is 12.5 Å². The number of ether oxygens (including phenoxy) is 2. The highest BCUT2D eigenvalue weighted by Crippen LogP contribution is 2.31. The fourth-order valence-electron chi connectivity index (χ4n) is 2.80. The first-order valence-corrected chi connectivity index (χ1v) is 8.24. The predicted octanol–water partition coefficient (Wildman–Crippen LogP) is 1.03. The number of aromatic nitrogens is 2. The van der Waals surface area contributed by atoms with Crippen LogP contribution >= 0.6 is 11.7 Å². The van der Waals surface area contributed by atoms with Gasteiger partial charge in [-0.2, -0.15) is 8.75 Å². The van der Waals surface area contributed by atoms with Crippen LogP contribution in [0, 0.1) is 0 Å². The average molecular weight is 332 g/mol. The predicted molar refractivity (Wildman–Crippen MR) is 85.1 cm³/mol. The Bertz CT molecular complexity index is 686. The largest absolute Gasteiger partial charge is 0.485 e. The van der Waals surface area contributed by atoms with E-state index in [0.29, 0.717) is 24.6 Å². The Morgan fingerprint density at radius 1 is 1.17 bits per heavy atom. The molecule has 1 amide bonds. The summed E-state index contributed by atoms with van der Waals surface area (Å²) < 4.78 is 19.7. The number of carbonyl (C=O) groups is 1. The topological polar surface area (TPSA) is 67.8 Å². The van der Waals surface area contributed by atoms with Crippen molar-refractivity contribution in [3.63, 3.8) is 0 Å². The van der Waals surface area contributed by atoms with Gasteiger partial charge in [-0.3, -0.25) is 4.79 Å². The van der Waals surface area contributed by atoms with Crippen molar-refractivity contribution < 1.29 is 14.3 Å². The van der Waals surface area contributed by atoms with Crippen LogP contribution in [0.2, 0.25) is 0 Å². The number of carbonyl (C=O) groups excluding carboxylic acids is 1. The minimum absolute atomic E-state index is 0.0180. The molecule has 8 heteroatoms. The number of hydrogen-bond acceptors (Lipinski definition) is 7. The van der Waals surface area contributed by atoms with Crippen LogP contribution in [0.25, 0.3) is 0 Å². The molecule has 2 aliphatic rings. The van der Waals surface area contributed by atoms with Crippen molar-refractivity contribution in [2.45, 2.75) is 6.10 Å². The van der Waals surface area contributed by atoms with Gasteiger partial charge >= 0.3 is 0 Å². The van der Waals surface area contributed by atoms with E-state index >= 15 is 0 Å². The zero-order valence-corrected chi connectivity index (χ0v) is 13.2. The summed E-state index contributed by atoms with van der Waals surface area (Å²) in [5, 5.41) is 0. The van der Waals surface area contributed by atoms with Crippen molar-refractivity contribution in [1.29, 1.82) is 0 Å². The third-order valence-corrected chi connectivity index (χ3v) is 4.52. The molecule has 0 bridgehead atoms. The normalized spacial score (nSPS) is 20.4. The summed E-state index contributed by atoms with van der Waals surface area (Å²) in [5.41, 5.74) is 0. The monoisotopic (exact) mass is 332 g/mol. The van der Waals surface area contributed by atoms with Crippen LogP contribution in [0.15, 0.2) is 30.5 Å². The quantitative estimate of drug-likeness (QED) is 0.818. The number of rotatable bonds is 2. The van der Waals surface area contributed by atoms with Gasteiger partial charge < -0.3 is 19.3 Å². The van der Waals surface area contributed by atoms with Gasteiger partial charge in [-0.15, -0.1) is 0 Å². The first-order chi connectivity index (χ1) is 11.3. The molecule has 2 aromatic rings. The van der Waals surface area contributed by atoms with Crippen molar-refractivity contribution in [2.24, 2.45) is 0 Å². The molecular formula is C15H16N4O3S. The molecule has 0 N–H and O–H groups in total. The summed E-state index contributed by atoms with van der Waals surface area (Å²) in [5.74, 6) is 2.19. The lowest BCUT2D eigenvalue weighted by atomic mass is 10.2. The van der Waals surface area contributed by atoms with E-state index in [1.165, 1.54) is 11.7 Å². The van der Waals surface area contributed by atoms with Crippen LogP contribution in [-0.4, -0.2) is 58.4 Å². The average Bonchev–Trinajstić information content (AvgIpc) is 3.15. The van der Waals surface area contributed by atoms with Gasteiger partial charge in [0.2, 0.25) is 6.10 Å². The molecule has 7 nitrogen and oxygen atoms in total. The molecule has 0 unspecified atom stereocenters. The van der Waals surface area contributed by atoms with Crippen LogP contribution in [-0.2, 0) is 4.79 Å². The molecule has 0 radical (unpaired) electrons. The van der Waals surface area contributed by atoms with Gasteiger partial charge in [-0.25, -0.2) is 0 Å². The van der Waals surface area contributed by atoms with Gasteiger partial charge in [-0.05, 0) is 12.1 Å². The Labute approximate surface area is 137 Å². The SMILES string of the molecule is O=C([C@H]1COc2ccccc2O1)N1CCN(c2cnsn2)CC1. The summed E-state index contributed by atoms with van der Waals surface area (Å²) in [7, 11) is 0. The highest BCUT2D eigenvalue weighted by Gasteiger charge is 2.32. The number of fused-ring (bicyclic) bond motifs is 1. The molecule has 0 spiro atoms. The van der Waals surface area contributed by atoms with Gasteiger partial charge in [0, 0.05) is 26.2 Å². The minimum atomic E-state index is -0.572. The van der Waals surface area contributed by atoms with Crippen molar-refractivity contribution in [2.75, 3.05) is 37.7 Å². The smallest absolute Gasteiger partial charge is 0.267 e. The van der Waals surface area contributed by atoms with Crippen LogP contribution < -0.4 is 14.4 Å². The minimum Gasteiger partial charge on any atom is -0.485 e. The number of hydrogen-bond donors (Lipinski definition) is 0. The molecule has 0 saturated carbocycles. The number of benzene rings is 1. The molecule has 1 aromatic heterocycles. The number of para-hydroxylation sites is 2. The van der Waals surface area contributed by atoms with Gasteiger partial charge in [0.1, 0.15) is 6.61 Å². The molecule has 120 valence electrons. The fourth-order valence-corrected chi connectivity index (χ4v) is 3.23. The van der Waals surface area contributed by atoms with Crippen LogP contribution in [0.3, 0.4) is 0 Å². The van der Waals surface area contributed by atoms with Gasteiger partial charge in [0.25, 0.3) is 5.91 Å². The van der Waals surface area contributed by atoms with Crippen LogP contribution in [0.4, 0.5) is 5.82 Å². The molecule has 4 rings (SSSR count). The maximum absolute atomic E-state index is 12.6. The molecule has 1 fully saturated rings. The van der Waals surface area contributed by atoms with Gasteiger partial charge in [-0.1, -0.05) is 12.1 Å². The molecule has 0 aliphatic carbocycles. The highest BCUT2D eigenvalue weighted by molar-refractivity contribution is 6.99. The molecule has 1 aromatic carbocycles. The van der Waals surface area contributed by atoms with E-state index in [9.17, 15) is 4.79 Å². The van der Waals surface area contributed by atoms with E-state index in [1.54, 1.807) is 6.20 Å².